The summed E-state index contributed by atoms with van der Waals surface area (Å²) in [6.07, 6.45) is 6.27. The second kappa shape index (κ2) is 7.83. The lowest BCUT2D eigenvalue weighted by Gasteiger charge is -2.17. The van der Waals surface area contributed by atoms with Crippen LogP contribution in [-0.4, -0.2) is 47.2 Å². The second-order valence-corrected chi connectivity index (χ2v) is 7.11. The highest BCUT2D eigenvalue weighted by Gasteiger charge is 2.15. The first-order valence-electron chi connectivity index (χ1n) is 9.51. The smallest absolute Gasteiger partial charge is 0.252 e. The molecule has 0 atom stereocenters. The molecule has 0 aliphatic heterocycles. The lowest BCUT2D eigenvalue weighted by molar-refractivity contribution is -0.130. The van der Waals surface area contributed by atoms with Crippen molar-refractivity contribution in [3.05, 3.63) is 71.6 Å². The number of amides is 1. The number of para-hydroxylation sites is 1. The fraction of sp³-hybridized carbons (Fsp3) is 0.286. The van der Waals surface area contributed by atoms with Crippen molar-refractivity contribution in [1.29, 1.82) is 0 Å². The van der Waals surface area contributed by atoms with Crippen LogP contribution in [0.2, 0.25) is 0 Å². The number of carbonyl (C=O) groups is 1. The maximum absolute atomic E-state index is 12.7. The van der Waals surface area contributed by atoms with E-state index in [0.29, 0.717) is 25.2 Å². The van der Waals surface area contributed by atoms with Crippen LogP contribution in [0.5, 0.6) is 0 Å². The molecule has 0 spiro atoms. The van der Waals surface area contributed by atoms with Crippen molar-refractivity contribution in [1.82, 2.24) is 34.3 Å². The van der Waals surface area contributed by atoms with Crippen LogP contribution in [0.1, 0.15) is 28.9 Å². The van der Waals surface area contributed by atoms with Crippen LogP contribution < -0.4 is 0 Å². The van der Waals surface area contributed by atoms with Crippen molar-refractivity contribution in [2.45, 2.75) is 33.2 Å². The van der Waals surface area contributed by atoms with E-state index in [-0.39, 0.29) is 5.91 Å². The third-order valence-electron chi connectivity index (χ3n) is 5.08. The molecular weight excluding hydrogens is 366 g/mol. The van der Waals surface area contributed by atoms with E-state index in [1.54, 1.807) is 15.6 Å². The van der Waals surface area contributed by atoms with Gasteiger partial charge in [0.2, 0.25) is 5.91 Å². The molecule has 0 unspecified atom stereocenters. The van der Waals surface area contributed by atoms with E-state index in [1.807, 2.05) is 62.1 Å². The molecule has 0 aliphatic rings. The molecule has 0 fully saturated rings. The molecule has 8 heteroatoms. The molecule has 4 rings (SSSR count). The van der Waals surface area contributed by atoms with E-state index in [9.17, 15) is 4.79 Å². The molecule has 4 aromatic rings. The zero-order valence-electron chi connectivity index (χ0n) is 16.8. The lowest BCUT2D eigenvalue weighted by Crippen LogP contribution is -2.26. The Bertz CT molecular complexity index is 1150. The van der Waals surface area contributed by atoms with Gasteiger partial charge in [0, 0.05) is 43.2 Å². The molecule has 3 aromatic heterocycles. The quantitative estimate of drug-likeness (QED) is 0.506. The molecule has 3 heterocycles. The number of fused-ring (bicyclic) bond motifs is 1. The molecule has 1 aromatic carbocycles. The Morgan fingerprint density at radius 3 is 2.72 bits per heavy atom. The van der Waals surface area contributed by atoms with Crippen LogP contribution in [-0.2, 0) is 17.8 Å². The number of benzene rings is 1. The van der Waals surface area contributed by atoms with Crippen LogP contribution in [0.3, 0.4) is 0 Å². The monoisotopic (exact) mass is 389 g/mol. The molecule has 0 radical (unpaired) electrons. The number of aromatic nitrogens is 6. The minimum atomic E-state index is 0.0787. The first-order chi connectivity index (χ1) is 14.0. The number of rotatable bonds is 6. The van der Waals surface area contributed by atoms with E-state index >= 15 is 0 Å². The number of carbonyl (C=O) groups excluding carboxylic acids is 1. The fourth-order valence-electron chi connectivity index (χ4n) is 3.47. The fourth-order valence-corrected chi connectivity index (χ4v) is 3.47. The van der Waals surface area contributed by atoms with Gasteiger partial charge in [-0.2, -0.15) is 15.2 Å². The van der Waals surface area contributed by atoms with E-state index in [4.69, 9.17) is 0 Å². The van der Waals surface area contributed by atoms with Crippen LogP contribution in [0, 0.1) is 13.8 Å². The first-order valence-corrected chi connectivity index (χ1v) is 9.51. The largest absolute Gasteiger partial charge is 0.341 e. The van der Waals surface area contributed by atoms with Gasteiger partial charge in [-0.05, 0) is 38.0 Å². The van der Waals surface area contributed by atoms with Crippen molar-refractivity contribution in [3.63, 3.8) is 0 Å². The topological polar surface area (TPSA) is 81.2 Å². The van der Waals surface area contributed by atoms with Crippen LogP contribution in [0.25, 0.3) is 11.5 Å². The van der Waals surface area contributed by atoms with Crippen LogP contribution >= 0.6 is 0 Å². The van der Waals surface area contributed by atoms with E-state index in [1.165, 1.54) is 6.33 Å². The van der Waals surface area contributed by atoms with E-state index in [0.717, 1.165) is 28.2 Å². The van der Waals surface area contributed by atoms with Crippen molar-refractivity contribution >= 4 is 11.7 Å². The Morgan fingerprint density at radius 2 is 1.93 bits per heavy atom. The Hall–Kier alpha value is -3.55. The highest BCUT2D eigenvalue weighted by molar-refractivity contribution is 5.76. The van der Waals surface area contributed by atoms with Gasteiger partial charge in [-0.15, -0.1) is 0 Å². The van der Waals surface area contributed by atoms with Gasteiger partial charge in [0.25, 0.3) is 5.78 Å². The third-order valence-corrected chi connectivity index (χ3v) is 5.08. The predicted octanol–water partition coefficient (Wildman–Crippen LogP) is 2.52. The number of aryl methyl sites for hydroxylation is 2. The summed E-state index contributed by atoms with van der Waals surface area (Å²) in [7, 11) is 1.82. The van der Waals surface area contributed by atoms with Gasteiger partial charge in [0.05, 0.1) is 11.9 Å². The number of hydrogen-bond acceptors (Lipinski definition) is 5. The summed E-state index contributed by atoms with van der Waals surface area (Å²) < 4.78 is 3.54. The molecule has 8 nitrogen and oxygen atoms in total. The minimum Gasteiger partial charge on any atom is -0.341 e. The maximum Gasteiger partial charge on any atom is 0.252 e. The molecule has 0 saturated heterocycles. The average Bonchev–Trinajstić information content (AvgIpc) is 3.38. The molecule has 0 saturated carbocycles. The van der Waals surface area contributed by atoms with Gasteiger partial charge in [0.15, 0.2) is 0 Å². The molecule has 0 bridgehead atoms. The maximum atomic E-state index is 12.7. The Labute approximate surface area is 168 Å². The molecule has 0 aliphatic carbocycles. The van der Waals surface area contributed by atoms with Crippen LogP contribution in [0.4, 0.5) is 0 Å². The van der Waals surface area contributed by atoms with Crippen molar-refractivity contribution in [3.8, 4) is 5.69 Å². The summed E-state index contributed by atoms with van der Waals surface area (Å²) >= 11 is 0. The summed E-state index contributed by atoms with van der Waals surface area (Å²) in [5, 5.41) is 8.60. The Kier molecular flexibility index (Phi) is 5.07. The average molecular weight is 389 g/mol. The molecule has 148 valence electrons. The number of nitrogens with zero attached hydrogens (tertiary/aromatic N) is 7. The van der Waals surface area contributed by atoms with E-state index < -0.39 is 0 Å². The van der Waals surface area contributed by atoms with Gasteiger partial charge in [-0.3, -0.25) is 4.79 Å². The SMILES string of the molecule is Cc1nc2ncnn2c(C)c1CCC(=O)N(C)Cc1cnn(-c2ccccc2)c1. The summed E-state index contributed by atoms with van der Waals surface area (Å²) in [5.41, 5.74) is 4.89. The molecule has 29 heavy (non-hydrogen) atoms. The summed E-state index contributed by atoms with van der Waals surface area (Å²) in [4.78, 5) is 23.0. The highest BCUT2D eigenvalue weighted by atomic mass is 16.2. The predicted molar refractivity (Wildman–Crippen MR) is 109 cm³/mol. The van der Waals surface area contributed by atoms with Gasteiger partial charge in [-0.1, -0.05) is 18.2 Å². The first kappa shape index (κ1) is 18.8. The standard InChI is InChI=1S/C21H23N7O/c1-15-19(16(2)28-21(25-15)22-14-24-28)9-10-20(29)26(3)12-17-11-23-27(13-17)18-7-5-4-6-8-18/h4-8,11,13-14H,9-10,12H2,1-3H3. The van der Waals surface area contributed by atoms with Crippen LogP contribution in [0.15, 0.2) is 49.1 Å². The summed E-state index contributed by atoms with van der Waals surface area (Å²) in [5.74, 6) is 0.664. The minimum absolute atomic E-state index is 0.0787. The van der Waals surface area contributed by atoms with Gasteiger partial charge < -0.3 is 4.90 Å². The van der Waals surface area contributed by atoms with Gasteiger partial charge in [-0.25, -0.2) is 14.2 Å². The van der Waals surface area contributed by atoms with Gasteiger partial charge in [0.1, 0.15) is 6.33 Å². The summed E-state index contributed by atoms with van der Waals surface area (Å²) in [6, 6.07) is 9.91. The highest BCUT2D eigenvalue weighted by Crippen LogP contribution is 2.16. The molecule has 1 amide bonds. The Balaban J connectivity index is 1.40. The molecular formula is C21H23N7O. The zero-order chi connectivity index (χ0) is 20.4. The van der Waals surface area contributed by atoms with Crippen molar-refractivity contribution in [2.75, 3.05) is 7.05 Å². The van der Waals surface area contributed by atoms with Gasteiger partial charge >= 0.3 is 0 Å². The second-order valence-electron chi connectivity index (χ2n) is 7.11. The lowest BCUT2D eigenvalue weighted by atomic mass is 10.1. The summed E-state index contributed by atoms with van der Waals surface area (Å²) in [6.45, 7) is 4.45. The van der Waals surface area contributed by atoms with Crippen molar-refractivity contribution < 1.29 is 4.79 Å². The Morgan fingerprint density at radius 1 is 1.14 bits per heavy atom. The molecule has 0 N–H and O–H groups in total. The zero-order valence-corrected chi connectivity index (χ0v) is 16.8. The number of hydrogen-bond donors (Lipinski definition) is 0. The van der Waals surface area contributed by atoms with Crippen molar-refractivity contribution in [2.24, 2.45) is 0 Å². The van der Waals surface area contributed by atoms with E-state index in [2.05, 4.69) is 20.2 Å². The normalized spacial score (nSPS) is 11.1. The third kappa shape index (κ3) is 3.87.